The van der Waals surface area contributed by atoms with E-state index in [1.807, 2.05) is 36.1 Å². The maximum Gasteiger partial charge on any atom is 0.253 e. The van der Waals surface area contributed by atoms with E-state index in [9.17, 15) is 18.0 Å². The third-order valence-corrected chi connectivity index (χ3v) is 6.42. The molecule has 9 heteroatoms. The SMILES string of the molecule is Cc1cccc(C(=O)N2CCCN(CC(=O)NCCc3ccc(S(N)(=O)=O)cc3)CC2)c1. The van der Waals surface area contributed by atoms with Crippen molar-refractivity contribution in [3.63, 3.8) is 0 Å². The van der Waals surface area contributed by atoms with Gasteiger partial charge in [0.25, 0.3) is 5.91 Å². The highest BCUT2D eigenvalue weighted by molar-refractivity contribution is 7.89. The predicted octanol–water partition coefficient (Wildman–Crippen LogP) is 1.15. The van der Waals surface area contributed by atoms with Gasteiger partial charge in [0.05, 0.1) is 11.4 Å². The fourth-order valence-corrected chi connectivity index (χ4v) is 4.26. The number of hydrogen-bond acceptors (Lipinski definition) is 5. The summed E-state index contributed by atoms with van der Waals surface area (Å²) in [5.41, 5.74) is 2.68. The number of carbonyl (C=O) groups is 2. The highest BCUT2D eigenvalue weighted by Gasteiger charge is 2.21. The Kier molecular flexibility index (Phi) is 8.00. The third kappa shape index (κ3) is 6.88. The Morgan fingerprint density at radius 3 is 2.47 bits per heavy atom. The molecule has 1 fully saturated rings. The summed E-state index contributed by atoms with van der Waals surface area (Å²) in [5.74, 6) is -0.0296. The summed E-state index contributed by atoms with van der Waals surface area (Å²) in [7, 11) is -3.70. The second-order valence-corrected chi connectivity index (χ2v) is 9.64. The van der Waals surface area contributed by atoms with Crippen LogP contribution in [0.3, 0.4) is 0 Å². The number of carbonyl (C=O) groups excluding carboxylic acids is 2. The van der Waals surface area contributed by atoms with Crippen LogP contribution in [-0.2, 0) is 21.2 Å². The standard InChI is InChI=1S/C23H30N4O4S/c1-18-4-2-5-20(16-18)23(29)27-13-3-12-26(14-15-27)17-22(28)25-11-10-19-6-8-21(9-7-19)32(24,30)31/h2,4-9,16H,3,10-15,17H2,1H3,(H,25,28)(H2,24,30,31). The van der Waals surface area contributed by atoms with E-state index in [0.29, 0.717) is 38.2 Å². The van der Waals surface area contributed by atoms with E-state index < -0.39 is 10.0 Å². The van der Waals surface area contributed by atoms with Crippen LogP contribution < -0.4 is 10.5 Å². The summed E-state index contributed by atoms with van der Waals surface area (Å²) in [6.45, 7) is 5.41. The molecule has 1 heterocycles. The number of amides is 2. The van der Waals surface area contributed by atoms with E-state index in [4.69, 9.17) is 5.14 Å². The largest absolute Gasteiger partial charge is 0.355 e. The molecule has 1 aliphatic rings. The van der Waals surface area contributed by atoms with Crippen molar-refractivity contribution in [2.45, 2.75) is 24.7 Å². The topological polar surface area (TPSA) is 113 Å². The second kappa shape index (κ2) is 10.7. The molecule has 1 saturated heterocycles. The van der Waals surface area contributed by atoms with Crippen LogP contribution in [0.4, 0.5) is 0 Å². The van der Waals surface area contributed by atoms with Crippen molar-refractivity contribution < 1.29 is 18.0 Å². The number of nitrogens with two attached hydrogens (primary N) is 1. The minimum atomic E-state index is -3.70. The summed E-state index contributed by atoms with van der Waals surface area (Å²) in [4.78, 5) is 29.1. The van der Waals surface area contributed by atoms with Gasteiger partial charge in [-0.05, 0) is 49.6 Å². The van der Waals surface area contributed by atoms with Crippen LogP contribution in [0.1, 0.15) is 27.9 Å². The fraction of sp³-hybridized carbons (Fsp3) is 0.391. The summed E-state index contributed by atoms with van der Waals surface area (Å²) < 4.78 is 22.6. The molecule has 0 radical (unpaired) electrons. The molecule has 2 aromatic rings. The van der Waals surface area contributed by atoms with Crippen LogP contribution in [0.2, 0.25) is 0 Å². The highest BCUT2D eigenvalue weighted by Crippen LogP contribution is 2.11. The number of sulfonamides is 1. The van der Waals surface area contributed by atoms with E-state index in [1.54, 1.807) is 12.1 Å². The number of rotatable bonds is 7. The van der Waals surface area contributed by atoms with Crippen molar-refractivity contribution in [1.29, 1.82) is 0 Å². The molecule has 2 aromatic carbocycles. The first-order valence-electron chi connectivity index (χ1n) is 10.7. The third-order valence-electron chi connectivity index (χ3n) is 5.50. The molecule has 8 nitrogen and oxygen atoms in total. The Morgan fingerprint density at radius 1 is 1.03 bits per heavy atom. The number of nitrogens with zero attached hydrogens (tertiary/aromatic N) is 2. The van der Waals surface area contributed by atoms with Gasteiger partial charge in [0.15, 0.2) is 0 Å². The Hall–Kier alpha value is -2.75. The number of hydrogen-bond donors (Lipinski definition) is 2. The van der Waals surface area contributed by atoms with Crippen molar-refractivity contribution in [3.05, 3.63) is 65.2 Å². The van der Waals surface area contributed by atoms with Crippen molar-refractivity contribution in [3.8, 4) is 0 Å². The van der Waals surface area contributed by atoms with E-state index in [2.05, 4.69) is 10.2 Å². The van der Waals surface area contributed by atoms with E-state index >= 15 is 0 Å². The Labute approximate surface area is 189 Å². The summed E-state index contributed by atoms with van der Waals surface area (Å²) in [6.07, 6.45) is 1.41. The molecule has 0 aliphatic carbocycles. The molecule has 3 N–H and O–H groups in total. The molecular weight excluding hydrogens is 428 g/mol. The summed E-state index contributed by atoms with van der Waals surface area (Å²) in [5, 5.41) is 8.00. The van der Waals surface area contributed by atoms with Crippen molar-refractivity contribution in [2.24, 2.45) is 5.14 Å². The van der Waals surface area contributed by atoms with Gasteiger partial charge < -0.3 is 10.2 Å². The molecule has 172 valence electrons. The second-order valence-electron chi connectivity index (χ2n) is 8.08. The van der Waals surface area contributed by atoms with Crippen molar-refractivity contribution in [2.75, 3.05) is 39.3 Å². The van der Waals surface area contributed by atoms with Gasteiger partial charge in [-0.3, -0.25) is 14.5 Å². The minimum absolute atomic E-state index is 0.0356. The van der Waals surface area contributed by atoms with Crippen molar-refractivity contribution >= 4 is 21.8 Å². The average Bonchev–Trinajstić information content (AvgIpc) is 2.98. The zero-order valence-corrected chi connectivity index (χ0v) is 19.1. The van der Waals surface area contributed by atoms with E-state index in [0.717, 1.165) is 24.1 Å². The lowest BCUT2D eigenvalue weighted by atomic mass is 10.1. The number of nitrogens with one attached hydrogen (secondary N) is 1. The van der Waals surface area contributed by atoms with Gasteiger partial charge in [-0.25, -0.2) is 13.6 Å². The Morgan fingerprint density at radius 2 is 1.78 bits per heavy atom. The van der Waals surface area contributed by atoms with Crippen LogP contribution in [0.15, 0.2) is 53.4 Å². The van der Waals surface area contributed by atoms with Gasteiger partial charge in [-0.1, -0.05) is 29.8 Å². The fourth-order valence-electron chi connectivity index (χ4n) is 3.74. The predicted molar refractivity (Wildman–Crippen MR) is 123 cm³/mol. The lowest BCUT2D eigenvalue weighted by Gasteiger charge is -2.22. The minimum Gasteiger partial charge on any atom is -0.355 e. The quantitative estimate of drug-likeness (QED) is 0.646. The van der Waals surface area contributed by atoms with Crippen LogP contribution in [0.5, 0.6) is 0 Å². The molecule has 0 atom stereocenters. The summed E-state index contributed by atoms with van der Waals surface area (Å²) >= 11 is 0. The first-order valence-corrected chi connectivity index (χ1v) is 12.2. The molecule has 0 unspecified atom stereocenters. The van der Waals surface area contributed by atoms with Gasteiger partial charge in [-0.15, -0.1) is 0 Å². The molecule has 0 saturated carbocycles. The zero-order valence-electron chi connectivity index (χ0n) is 18.3. The smallest absolute Gasteiger partial charge is 0.253 e. The van der Waals surface area contributed by atoms with Gasteiger partial charge in [0.1, 0.15) is 0 Å². The first-order chi connectivity index (χ1) is 15.2. The molecule has 3 rings (SSSR count). The number of aryl methyl sites for hydroxylation is 1. The first kappa shape index (κ1) is 23.9. The summed E-state index contributed by atoms with van der Waals surface area (Å²) in [6, 6.07) is 13.9. The van der Waals surface area contributed by atoms with E-state index in [1.165, 1.54) is 12.1 Å². The van der Waals surface area contributed by atoms with Gasteiger partial charge in [-0.2, -0.15) is 0 Å². The van der Waals surface area contributed by atoms with Crippen LogP contribution in [0, 0.1) is 6.92 Å². The highest BCUT2D eigenvalue weighted by atomic mass is 32.2. The molecule has 2 amide bonds. The molecule has 0 bridgehead atoms. The molecule has 0 spiro atoms. The number of benzene rings is 2. The van der Waals surface area contributed by atoms with Crippen molar-refractivity contribution in [1.82, 2.24) is 15.1 Å². The van der Waals surface area contributed by atoms with Crippen LogP contribution in [-0.4, -0.2) is 69.3 Å². The van der Waals surface area contributed by atoms with E-state index in [-0.39, 0.29) is 23.3 Å². The lowest BCUT2D eigenvalue weighted by molar-refractivity contribution is -0.122. The molecule has 1 aliphatic heterocycles. The lowest BCUT2D eigenvalue weighted by Crippen LogP contribution is -2.40. The zero-order chi connectivity index (χ0) is 23.1. The monoisotopic (exact) mass is 458 g/mol. The van der Waals surface area contributed by atoms with Crippen LogP contribution in [0.25, 0.3) is 0 Å². The average molecular weight is 459 g/mol. The normalized spacial score (nSPS) is 15.2. The van der Waals surface area contributed by atoms with Gasteiger partial charge >= 0.3 is 0 Å². The Bertz CT molecular complexity index is 1050. The molecule has 32 heavy (non-hydrogen) atoms. The van der Waals surface area contributed by atoms with Crippen LogP contribution >= 0.6 is 0 Å². The maximum absolute atomic E-state index is 12.8. The number of primary sulfonamides is 1. The Balaban J connectivity index is 1.42. The molecular formula is C23H30N4O4S. The van der Waals surface area contributed by atoms with Gasteiger partial charge in [0, 0.05) is 38.3 Å². The van der Waals surface area contributed by atoms with Gasteiger partial charge in [0.2, 0.25) is 15.9 Å². The molecule has 0 aromatic heterocycles. The maximum atomic E-state index is 12.8.